The number of benzene rings is 2. The molecule has 2 aliphatic rings. The van der Waals surface area contributed by atoms with Crippen LogP contribution in [0, 0.1) is 0 Å². The van der Waals surface area contributed by atoms with Gasteiger partial charge in [0.1, 0.15) is 39.2 Å². The smallest absolute Gasteiger partial charge is 0.277 e. The number of rotatable bonds is 0. The highest BCUT2D eigenvalue weighted by molar-refractivity contribution is 5.97. The number of hydrogen-bond acceptors (Lipinski definition) is 7. The molecule has 0 saturated carbocycles. The number of aromatic hydroxyl groups is 2. The monoisotopic (exact) mass is 326 g/mol. The number of hydrogen-bond donors (Lipinski definition) is 3. The van der Waals surface area contributed by atoms with Crippen molar-refractivity contribution in [3.05, 3.63) is 52.4 Å². The first-order chi connectivity index (χ1) is 11.5. The molecule has 2 atom stereocenters. The predicted octanol–water partition coefficient (Wildman–Crippen LogP) is 1.81. The molecule has 2 aliphatic heterocycles. The Bertz CT molecular complexity index is 1130. The van der Waals surface area contributed by atoms with Crippen LogP contribution in [0.4, 0.5) is 0 Å². The van der Waals surface area contributed by atoms with E-state index < -0.39 is 23.1 Å². The highest BCUT2D eigenvalue weighted by atomic mass is 16.7. The van der Waals surface area contributed by atoms with Crippen LogP contribution in [0.15, 0.2) is 45.8 Å². The fraction of sp³-hybridized carbons (Fsp3) is 0.118. The van der Waals surface area contributed by atoms with Crippen LogP contribution in [0.25, 0.3) is 21.9 Å². The molecule has 3 N–H and O–H groups in total. The minimum absolute atomic E-state index is 0.0378. The molecule has 1 aromatic heterocycles. The van der Waals surface area contributed by atoms with Gasteiger partial charge in [-0.05, 0) is 18.2 Å². The molecule has 3 heterocycles. The van der Waals surface area contributed by atoms with E-state index in [9.17, 15) is 20.1 Å². The number of phenolic OH excluding ortho intramolecular Hbond substituents is 2. The van der Waals surface area contributed by atoms with E-state index in [2.05, 4.69) is 0 Å². The maximum atomic E-state index is 12.8. The van der Waals surface area contributed by atoms with Crippen molar-refractivity contribution < 1.29 is 29.2 Å². The molecule has 0 fully saturated rings. The van der Waals surface area contributed by atoms with E-state index >= 15 is 0 Å². The first-order valence-corrected chi connectivity index (χ1v) is 7.18. The number of aliphatic hydroxyl groups is 1. The number of ether oxygens (including phenoxy) is 2. The summed E-state index contributed by atoms with van der Waals surface area (Å²) < 4.78 is 16.3. The van der Waals surface area contributed by atoms with Crippen LogP contribution in [0.3, 0.4) is 0 Å². The molecule has 0 saturated heterocycles. The second-order valence-electron chi connectivity index (χ2n) is 5.77. The Kier molecular flexibility index (Phi) is 2.22. The highest BCUT2D eigenvalue weighted by Crippen LogP contribution is 2.52. The average molecular weight is 326 g/mol. The Morgan fingerprint density at radius 3 is 2.79 bits per heavy atom. The summed E-state index contributed by atoms with van der Waals surface area (Å²) in [5.74, 6) is -0.541. The van der Waals surface area contributed by atoms with Gasteiger partial charge in [-0.25, -0.2) is 0 Å². The molecule has 7 heteroatoms. The van der Waals surface area contributed by atoms with Gasteiger partial charge in [-0.15, -0.1) is 0 Å². The van der Waals surface area contributed by atoms with Crippen LogP contribution < -0.4 is 10.2 Å². The lowest BCUT2D eigenvalue weighted by Gasteiger charge is -2.18. The van der Waals surface area contributed by atoms with Crippen LogP contribution in [0.5, 0.6) is 17.2 Å². The average Bonchev–Trinajstić information content (AvgIpc) is 3.00. The van der Waals surface area contributed by atoms with Gasteiger partial charge in [-0.3, -0.25) is 4.79 Å². The third-order valence-corrected chi connectivity index (χ3v) is 4.42. The topological polar surface area (TPSA) is 109 Å². The summed E-state index contributed by atoms with van der Waals surface area (Å²) in [6, 6.07) is 5.86. The van der Waals surface area contributed by atoms with Crippen molar-refractivity contribution in [3.8, 4) is 17.2 Å². The molecule has 3 aromatic rings. The van der Waals surface area contributed by atoms with Crippen molar-refractivity contribution in [2.24, 2.45) is 0 Å². The lowest BCUT2D eigenvalue weighted by molar-refractivity contribution is -0.110. The highest BCUT2D eigenvalue weighted by Gasteiger charge is 2.53. The largest absolute Gasteiger partial charge is 0.507 e. The summed E-state index contributed by atoms with van der Waals surface area (Å²) in [4.78, 5) is 12.8. The van der Waals surface area contributed by atoms with Gasteiger partial charge in [0.15, 0.2) is 5.60 Å². The Balaban J connectivity index is 1.97. The summed E-state index contributed by atoms with van der Waals surface area (Å²) in [6.45, 7) is 0. The van der Waals surface area contributed by atoms with Gasteiger partial charge in [0.2, 0.25) is 5.43 Å². The van der Waals surface area contributed by atoms with Gasteiger partial charge >= 0.3 is 0 Å². The molecule has 7 nitrogen and oxygen atoms in total. The third kappa shape index (κ3) is 1.38. The van der Waals surface area contributed by atoms with Gasteiger partial charge < -0.3 is 29.2 Å². The van der Waals surface area contributed by atoms with E-state index in [0.717, 1.165) is 0 Å². The molecule has 0 aliphatic carbocycles. The summed E-state index contributed by atoms with van der Waals surface area (Å²) in [6.07, 6.45) is 1.58. The molecule has 0 spiro atoms. The van der Waals surface area contributed by atoms with Gasteiger partial charge in [-0.1, -0.05) is 6.07 Å². The minimum Gasteiger partial charge on any atom is -0.507 e. The Morgan fingerprint density at radius 2 is 1.96 bits per heavy atom. The van der Waals surface area contributed by atoms with Crippen molar-refractivity contribution in [2.45, 2.75) is 11.9 Å². The van der Waals surface area contributed by atoms with Gasteiger partial charge in [0, 0.05) is 6.07 Å². The molecular formula is C17H10O7. The van der Waals surface area contributed by atoms with E-state index in [4.69, 9.17) is 13.9 Å². The quantitative estimate of drug-likeness (QED) is 0.540. The van der Waals surface area contributed by atoms with Crippen LogP contribution >= 0.6 is 0 Å². The number of phenols is 2. The van der Waals surface area contributed by atoms with E-state index in [-0.39, 0.29) is 39.0 Å². The summed E-state index contributed by atoms with van der Waals surface area (Å²) in [5.41, 5.74) is -1.98. The van der Waals surface area contributed by atoms with Gasteiger partial charge in [-0.2, -0.15) is 0 Å². The van der Waals surface area contributed by atoms with Crippen molar-refractivity contribution in [1.29, 1.82) is 0 Å². The van der Waals surface area contributed by atoms with Crippen molar-refractivity contribution in [2.75, 3.05) is 0 Å². The van der Waals surface area contributed by atoms with Crippen LogP contribution in [0.1, 0.15) is 5.56 Å². The van der Waals surface area contributed by atoms with E-state index in [1.807, 2.05) is 0 Å². The Labute approximate surface area is 133 Å². The van der Waals surface area contributed by atoms with Crippen molar-refractivity contribution >= 4 is 21.9 Å². The molecule has 0 radical (unpaired) electrons. The second-order valence-corrected chi connectivity index (χ2v) is 5.77. The molecule has 120 valence electrons. The van der Waals surface area contributed by atoms with Crippen molar-refractivity contribution in [3.63, 3.8) is 0 Å². The van der Waals surface area contributed by atoms with E-state index in [1.54, 1.807) is 6.07 Å². The molecule has 0 bridgehead atoms. The normalized spacial score (nSPS) is 24.0. The van der Waals surface area contributed by atoms with Gasteiger partial charge in [0.05, 0.1) is 11.8 Å². The Hall–Kier alpha value is -3.19. The zero-order valence-corrected chi connectivity index (χ0v) is 12.0. The lowest BCUT2D eigenvalue weighted by atomic mass is 9.93. The maximum Gasteiger partial charge on any atom is 0.277 e. The third-order valence-electron chi connectivity index (χ3n) is 4.42. The maximum absolute atomic E-state index is 12.8. The fourth-order valence-electron chi connectivity index (χ4n) is 3.31. The van der Waals surface area contributed by atoms with E-state index in [1.165, 1.54) is 30.5 Å². The van der Waals surface area contributed by atoms with Crippen LogP contribution in [-0.4, -0.2) is 21.6 Å². The minimum atomic E-state index is -1.69. The lowest BCUT2D eigenvalue weighted by Crippen LogP contribution is -2.33. The predicted molar refractivity (Wildman–Crippen MR) is 81.9 cm³/mol. The molecular weight excluding hydrogens is 316 g/mol. The van der Waals surface area contributed by atoms with Crippen LogP contribution in [0.2, 0.25) is 0 Å². The number of fused-ring (bicyclic) bond motifs is 5. The molecule has 0 amide bonds. The van der Waals surface area contributed by atoms with E-state index in [0.29, 0.717) is 0 Å². The van der Waals surface area contributed by atoms with Crippen LogP contribution in [-0.2, 0) is 10.3 Å². The second kappa shape index (κ2) is 4.01. The molecule has 24 heavy (non-hydrogen) atoms. The summed E-state index contributed by atoms with van der Waals surface area (Å²) in [5, 5.41) is 31.1. The standard InChI is InChI=1S/C17H10O7/c18-7-2-1-3-8-11(7)14(19)12-9(23-8)6-10-13(15(12)20)17(21)4-5-22-16(17)24-10/h1-6,16,18,20-21H/t16?,17-/m1/s1. The first-order valence-electron chi connectivity index (χ1n) is 7.18. The zero-order chi connectivity index (χ0) is 16.6. The first kappa shape index (κ1) is 13.3. The molecule has 5 rings (SSSR count). The Morgan fingerprint density at radius 1 is 1.12 bits per heavy atom. The summed E-state index contributed by atoms with van der Waals surface area (Å²) in [7, 11) is 0. The molecule has 1 unspecified atom stereocenters. The van der Waals surface area contributed by atoms with Gasteiger partial charge in [0.25, 0.3) is 6.29 Å². The SMILES string of the molecule is O=c1c2c(O)cccc2oc2cc3c(c(O)c12)[C@]1(O)C=COC1O3. The van der Waals surface area contributed by atoms with Crippen molar-refractivity contribution in [1.82, 2.24) is 0 Å². The zero-order valence-electron chi connectivity index (χ0n) is 12.0. The summed E-state index contributed by atoms with van der Waals surface area (Å²) >= 11 is 0. The fourth-order valence-corrected chi connectivity index (χ4v) is 3.31. The molecule has 2 aromatic carbocycles.